The number of nitrogens with zero attached hydrogens (tertiary/aromatic N) is 4. The highest BCUT2D eigenvalue weighted by atomic mass is 16.1. The van der Waals surface area contributed by atoms with Crippen molar-refractivity contribution in [3.63, 3.8) is 0 Å². The first kappa shape index (κ1) is 12.9. The van der Waals surface area contributed by atoms with Gasteiger partial charge in [-0.1, -0.05) is 0 Å². The standard InChI is InChI=1S/C14H19N5O/c1-10-7-19-9-12(3-4-13(19)16-10)17-14(20)5-11-6-15-18(2)8-11/h6-8,12H,3-5,9H2,1-2H3,(H,17,20)/t12-/m1/s1. The number of imidazole rings is 1. The Morgan fingerprint density at radius 1 is 1.50 bits per heavy atom. The summed E-state index contributed by atoms with van der Waals surface area (Å²) in [5.74, 6) is 1.18. The molecule has 106 valence electrons. The second kappa shape index (κ2) is 5.11. The summed E-state index contributed by atoms with van der Waals surface area (Å²) in [7, 11) is 1.85. The Kier molecular flexibility index (Phi) is 3.30. The van der Waals surface area contributed by atoms with E-state index in [0.29, 0.717) is 6.42 Å². The van der Waals surface area contributed by atoms with Crippen LogP contribution in [0, 0.1) is 6.92 Å². The van der Waals surface area contributed by atoms with Gasteiger partial charge in [-0.3, -0.25) is 9.48 Å². The van der Waals surface area contributed by atoms with Crippen molar-refractivity contribution < 1.29 is 4.79 Å². The van der Waals surface area contributed by atoms with E-state index in [0.717, 1.165) is 36.5 Å². The van der Waals surface area contributed by atoms with Gasteiger partial charge in [0.25, 0.3) is 0 Å². The van der Waals surface area contributed by atoms with Crippen LogP contribution in [0.4, 0.5) is 0 Å². The Labute approximate surface area is 117 Å². The van der Waals surface area contributed by atoms with E-state index in [-0.39, 0.29) is 11.9 Å². The van der Waals surface area contributed by atoms with Crippen molar-refractivity contribution in [3.8, 4) is 0 Å². The molecular weight excluding hydrogens is 254 g/mol. The summed E-state index contributed by atoms with van der Waals surface area (Å²) in [6, 6.07) is 0.195. The van der Waals surface area contributed by atoms with Gasteiger partial charge in [0.05, 0.1) is 18.3 Å². The monoisotopic (exact) mass is 273 g/mol. The molecular formula is C14H19N5O. The molecule has 0 fully saturated rings. The van der Waals surface area contributed by atoms with Gasteiger partial charge in [-0.15, -0.1) is 0 Å². The van der Waals surface area contributed by atoms with Crippen molar-refractivity contribution in [2.75, 3.05) is 0 Å². The zero-order chi connectivity index (χ0) is 14.1. The van der Waals surface area contributed by atoms with E-state index in [1.807, 2.05) is 20.2 Å². The third kappa shape index (κ3) is 2.74. The average Bonchev–Trinajstić information content (AvgIpc) is 2.93. The van der Waals surface area contributed by atoms with Gasteiger partial charge in [-0.2, -0.15) is 5.10 Å². The second-order valence-corrected chi connectivity index (χ2v) is 5.45. The Balaban J connectivity index is 1.57. The summed E-state index contributed by atoms with van der Waals surface area (Å²) in [6.07, 6.45) is 7.92. The number of rotatable bonds is 3. The molecule has 0 radical (unpaired) electrons. The number of carbonyl (C=O) groups is 1. The van der Waals surface area contributed by atoms with Crippen LogP contribution in [0.2, 0.25) is 0 Å². The van der Waals surface area contributed by atoms with Crippen LogP contribution in [0.3, 0.4) is 0 Å². The van der Waals surface area contributed by atoms with Crippen LogP contribution < -0.4 is 5.32 Å². The molecule has 0 aliphatic carbocycles. The van der Waals surface area contributed by atoms with Crippen molar-refractivity contribution in [2.24, 2.45) is 7.05 Å². The number of carbonyl (C=O) groups excluding carboxylic acids is 1. The molecule has 3 heterocycles. The molecule has 20 heavy (non-hydrogen) atoms. The van der Waals surface area contributed by atoms with Gasteiger partial charge < -0.3 is 9.88 Å². The zero-order valence-electron chi connectivity index (χ0n) is 11.8. The minimum Gasteiger partial charge on any atom is -0.351 e. The molecule has 0 bridgehead atoms. The van der Waals surface area contributed by atoms with Crippen LogP contribution in [0.5, 0.6) is 0 Å². The summed E-state index contributed by atoms with van der Waals surface area (Å²) in [5.41, 5.74) is 1.99. The number of hydrogen-bond donors (Lipinski definition) is 1. The van der Waals surface area contributed by atoms with E-state index in [4.69, 9.17) is 0 Å². The van der Waals surface area contributed by atoms with Crippen LogP contribution in [-0.4, -0.2) is 31.3 Å². The van der Waals surface area contributed by atoms with E-state index < -0.39 is 0 Å². The minimum atomic E-state index is 0.0586. The SMILES string of the molecule is Cc1cn2c(n1)CC[C@@H](NC(=O)Cc1cnn(C)c1)C2. The maximum Gasteiger partial charge on any atom is 0.224 e. The summed E-state index contributed by atoms with van der Waals surface area (Å²) in [4.78, 5) is 16.5. The molecule has 0 saturated carbocycles. The normalized spacial score (nSPS) is 17.8. The van der Waals surface area contributed by atoms with E-state index in [2.05, 4.69) is 26.2 Å². The molecule has 1 aliphatic rings. The van der Waals surface area contributed by atoms with Gasteiger partial charge >= 0.3 is 0 Å². The summed E-state index contributed by atoms with van der Waals surface area (Å²) in [6.45, 7) is 2.82. The maximum absolute atomic E-state index is 12.0. The minimum absolute atomic E-state index is 0.0586. The van der Waals surface area contributed by atoms with Gasteiger partial charge in [0, 0.05) is 38.4 Å². The molecule has 0 saturated heterocycles. The highest BCUT2D eigenvalue weighted by molar-refractivity contribution is 5.78. The van der Waals surface area contributed by atoms with Crippen molar-refractivity contribution in [1.82, 2.24) is 24.6 Å². The Hall–Kier alpha value is -2.11. The predicted molar refractivity (Wildman–Crippen MR) is 74.1 cm³/mol. The molecule has 2 aromatic rings. The van der Waals surface area contributed by atoms with Crippen molar-refractivity contribution in [1.29, 1.82) is 0 Å². The van der Waals surface area contributed by atoms with Crippen LogP contribution in [0.1, 0.15) is 23.5 Å². The largest absolute Gasteiger partial charge is 0.351 e. The fourth-order valence-corrected chi connectivity index (χ4v) is 2.73. The van der Waals surface area contributed by atoms with E-state index >= 15 is 0 Å². The molecule has 2 aromatic heterocycles. The topological polar surface area (TPSA) is 64.7 Å². The Morgan fingerprint density at radius 2 is 2.35 bits per heavy atom. The lowest BCUT2D eigenvalue weighted by Crippen LogP contribution is -2.41. The maximum atomic E-state index is 12.0. The first-order valence-corrected chi connectivity index (χ1v) is 6.89. The lowest BCUT2D eigenvalue weighted by Gasteiger charge is -2.24. The highest BCUT2D eigenvalue weighted by Crippen LogP contribution is 2.15. The molecule has 1 N–H and O–H groups in total. The number of aromatic nitrogens is 4. The Morgan fingerprint density at radius 3 is 3.10 bits per heavy atom. The smallest absolute Gasteiger partial charge is 0.224 e. The number of nitrogens with one attached hydrogen (secondary N) is 1. The fourth-order valence-electron chi connectivity index (χ4n) is 2.73. The molecule has 0 unspecified atom stereocenters. The number of amides is 1. The van der Waals surface area contributed by atoms with Crippen molar-refractivity contribution in [3.05, 3.63) is 35.7 Å². The lowest BCUT2D eigenvalue weighted by molar-refractivity contribution is -0.121. The second-order valence-electron chi connectivity index (χ2n) is 5.45. The molecule has 0 aromatic carbocycles. The molecule has 1 amide bonds. The quantitative estimate of drug-likeness (QED) is 0.890. The third-order valence-corrected chi connectivity index (χ3v) is 3.60. The molecule has 6 heteroatoms. The van der Waals surface area contributed by atoms with E-state index in [1.165, 1.54) is 0 Å². The van der Waals surface area contributed by atoms with Crippen LogP contribution in [-0.2, 0) is 31.2 Å². The molecule has 0 spiro atoms. The van der Waals surface area contributed by atoms with E-state index in [1.54, 1.807) is 10.9 Å². The average molecular weight is 273 g/mol. The highest BCUT2D eigenvalue weighted by Gasteiger charge is 2.21. The summed E-state index contributed by atoms with van der Waals surface area (Å²) >= 11 is 0. The third-order valence-electron chi connectivity index (χ3n) is 3.60. The predicted octanol–water partition coefficient (Wildman–Crippen LogP) is 0.599. The van der Waals surface area contributed by atoms with Crippen LogP contribution >= 0.6 is 0 Å². The number of hydrogen-bond acceptors (Lipinski definition) is 3. The van der Waals surface area contributed by atoms with Crippen molar-refractivity contribution >= 4 is 5.91 Å². The van der Waals surface area contributed by atoms with Gasteiger partial charge in [0.1, 0.15) is 5.82 Å². The van der Waals surface area contributed by atoms with Crippen molar-refractivity contribution in [2.45, 2.75) is 38.8 Å². The van der Waals surface area contributed by atoms with E-state index in [9.17, 15) is 4.79 Å². The van der Waals surface area contributed by atoms with Gasteiger partial charge in [-0.05, 0) is 18.9 Å². The lowest BCUT2D eigenvalue weighted by atomic mass is 10.1. The molecule has 1 atom stereocenters. The van der Waals surface area contributed by atoms with Crippen LogP contribution in [0.15, 0.2) is 18.6 Å². The first-order chi connectivity index (χ1) is 9.60. The first-order valence-electron chi connectivity index (χ1n) is 6.89. The zero-order valence-corrected chi connectivity index (χ0v) is 11.8. The van der Waals surface area contributed by atoms with Gasteiger partial charge in [-0.25, -0.2) is 4.98 Å². The summed E-state index contributed by atoms with van der Waals surface area (Å²) in [5, 5.41) is 7.18. The van der Waals surface area contributed by atoms with Gasteiger partial charge in [0.2, 0.25) is 5.91 Å². The Bertz CT molecular complexity index is 627. The number of fused-ring (bicyclic) bond motifs is 1. The van der Waals surface area contributed by atoms with Crippen LogP contribution in [0.25, 0.3) is 0 Å². The fraction of sp³-hybridized carbons (Fsp3) is 0.500. The van der Waals surface area contributed by atoms with Gasteiger partial charge in [0.15, 0.2) is 0 Å². The molecule has 6 nitrogen and oxygen atoms in total. The molecule has 3 rings (SSSR count). The molecule has 1 aliphatic heterocycles. The number of aryl methyl sites for hydroxylation is 3. The summed E-state index contributed by atoms with van der Waals surface area (Å²) < 4.78 is 3.86.